The van der Waals surface area contributed by atoms with Gasteiger partial charge in [0.05, 0.1) is 13.2 Å². The van der Waals surface area contributed by atoms with Gasteiger partial charge in [0.15, 0.2) is 0 Å². The van der Waals surface area contributed by atoms with Crippen LogP contribution >= 0.6 is 0 Å². The van der Waals surface area contributed by atoms with Crippen molar-refractivity contribution in [3.8, 4) is 5.75 Å². The summed E-state index contributed by atoms with van der Waals surface area (Å²) >= 11 is 0. The third-order valence-electron chi connectivity index (χ3n) is 7.67. The van der Waals surface area contributed by atoms with Crippen molar-refractivity contribution in [2.75, 3.05) is 59.0 Å². The zero-order chi connectivity index (χ0) is 27.6. The summed E-state index contributed by atoms with van der Waals surface area (Å²) in [5.74, 6) is 2.08. The molecule has 6 nitrogen and oxygen atoms in total. The second kappa shape index (κ2) is 24.2. The molecule has 1 aromatic carbocycles. The molecule has 0 radical (unpaired) electrons. The van der Waals surface area contributed by atoms with Crippen LogP contribution in [-0.4, -0.2) is 69.7 Å². The molecule has 2 rings (SSSR count). The highest BCUT2D eigenvalue weighted by Gasteiger charge is 2.18. The predicted octanol–water partition coefficient (Wildman–Crippen LogP) is 6.53. The van der Waals surface area contributed by atoms with Gasteiger partial charge >= 0.3 is 0 Å². The fraction of sp³-hybridized carbons (Fsp3) is 0.788. The zero-order valence-corrected chi connectivity index (χ0v) is 25.4. The van der Waals surface area contributed by atoms with E-state index in [0.29, 0.717) is 6.54 Å². The van der Waals surface area contributed by atoms with Gasteiger partial charge in [-0.05, 0) is 30.7 Å². The van der Waals surface area contributed by atoms with Crippen LogP contribution in [0, 0.1) is 0 Å². The van der Waals surface area contributed by atoms with Crippen LogP contribution in [0.4, 0.5) is 0 Å². The number of nitrogens with two attached hydrogens (primary N) is 1. The van der Waals surface area contributed by atoms with Crippen LogP contribution in [0.5, 0.6) is 5.75 Å². The first-order chi connectivity index (χ1) is 19.3. The van der Waals surface area contributed by atoms with Gasteiger partial charge in [-0.2, -0.15) is 0 Å². The highest BCUT2D eigenvalue weighted by Crippen LogP contribution is 2.18. The van der Waals surface area contributed by atoms with Crippen LogP contribution in [0.15, 0.2) is 29.3 Å². The van der Waals surface area contributed by atoms with Crippen molar-refractivity contribution < 1.29 is 4.74 Å². The maximum atomic E-state index is 6.01. The van der Waals surface area contributed by atoms with Crippen molar-refractivity contribution in [3.63, 3.8) is 0 Å². The molecule has 0 aliphatic carbocycles. The lowest BCUT2D eigenvalue weighted by Crippen LogP contribution is -2.37. The van der Waals surface area contributed by atoms with Crippen LogP contribution in [-0.2, 0) is 0 Å². The van der Waals surface area contributed by atoms with Gasteiger partial charge in [0.2, 0.25) is 0 Å². The number of hydrogen-bond donors (Lipinski definition) is 3. The van der Waals surface area contributed by atoms with Gasteiger partial charge in [-0.15, -0.1) is 0 Å². The van der Waals surface area contributed by atoms with Crippen molar-refractivity contribution in [1.29, 1.82) is 0 Å². The minimum Gasteiger partial charge on any atom is -0.494 e. The van der Waals surface area contributed by atoms with Crippen molar-refractivity contribution >= 4 is 5.84 Å². The Hall–Kier alpha value is -1.63. The summed E-state index contributed by atoms with van der Waals surface area (Å²) in [6.45, 7) is 10.4. The molecule has 0 spiro atoms. The van der Waals surface area contributed by atoms with E-state index >= 15 is 0 Å². The summed E-state index contributed by atoms with van der Waals surface area (Å²) in [6, 6.07) is 8.51. The topological polar surface area (TPSA) is 74.9 Å². The zero-order valence-electron chi connectivity index (χ0n) is 25.4. The van der Waals surface area contributed by atoms with Gasteiger partial charge < -0.3 is 26.0 Å². The first-order valence-electron chi connectivity index (χ1n) is 16.5. The van der Waals surface area contributed by atoms with E-state index in [4.69, 9.17) is 15.5 Å². The number of nitrogens with one attached hydrogen (secondary N) is 2. The molecule has 0 bridgehead atoms. The molecule has 4 N–H and O–H groups in total. The van der Waals surface area contributed by atoms with E-state index in [0.717, 1.165) is 70.4 Å². The van der Waals surface area contributed by atoms with Crippen LogP contribution < -0.4 is 21.1 Å². The Morgan fingerprint density at radius 1 is 0.718 bits per heavy atom. The third-order valence-corrected chi connectivity index (χ3v) is 7.67. The first kappa shape index (κ1) is 33.6. The number of hydrogen-bond acceptors (Lipinski definition) is 6. The van der Waals surface area contributed by atoms with Crippen LogP contribution in [0.3, 0.4) is 0 Å². The number of aliphatic imine (C=N–C) groups is 1. The van der Waals surface area contributed by atoms with Crippen molar-refractivity contribution in [3.05, 3.63) is 29.8 Å². The van der Waals surface area contributed by atoms with Gasteiger partial charge in [-0.1, -0.05) is 103 Å². The molecule has 0 atom stereocenters. The minimum atomic E-state index is 0.691. The Labute approximate surface area is 240 Å². The van der Waals surface area contributed by atoms with Gasteiger partial charge in [-0.3, -0.25) is 4.99 Å². The Kier molecular flexibility index (Phi) is 20.8. The molecule has 1 aromatic rings. The SMILES string of the molecule is CCCCCCCCCCCCCCCCCCOc1ccc(C2=NCCN2CCNCCNCCN)cc1. The summed E-state index contributed by atoms with van der Waals surface area (Å²) < 4.78 is 6.01. The van der Waals surface area contributed by atoms with Crippen molar-refractivity contribution in [2.45, 2.75) is 110 Å². The molecule has 1 aliphatic heterocycles. The molecule has 6 heteroatoms. The predicted molar refractivity (Wildman–Crippen MR) is 169 cm³/mol. The molecule has 0 amide bonds. The standard InChI is InChI=1S/C33H61N5O/c1-2-3-4-5-6-7-8-9-10-11-12-13-14-15-16-17-30-39-32-20-18-31(19-21-32)33-37-27-29-38(33)28-26-36-25-24-35-23-22-34/h18-21,35-36H,2-17,22-30,34H2,1H3. The lowest BCUT2D eigenvalue weighted by molar-refractivity contribution is 0.304. The Morgan fingerprint density at radius 2 is 1.26 bits per heavy atom. The van der Waals surface area contributed by atoms with E-state index in [1.54, 1.807) is 0 Å². The number of benzene rings is 1. The third kappa shape index (κ3) is 16.9. The second-order valence-corrected chi connectivity index (χ2v) is 11.2. The van der Waals surface area contributed by atoms with Gasteiger partial charge in [0.25, 0.3) is 0 Å². The van der Waals surface area contributed by atoms with E-state index in [-0.39, 0.29) is 0 Å². The van der Waals surface area contributed by atoms with Crippen LogP contribution in [0.1, 0.15) is 115 Å². The first-order valence-corrected chi connectivity index (χ1v) is 16.5. The number of unbranched alkanes of at least 4 members (excludes halogenated alkanes) is 15. The lowest BCUT2D eigenvalue weighted by atomic mass is 10.0. The maximum absolute atomic E-state index is 6.01. The number of nitrogens with zero attached hydrogens (tertiary/aromatic N) is 2. The summed E-state index contributed by atoms with van der Waals surface area (Å²) in [6.07, 6.45) is 22.3. The van der Waals surface area contributed by atoms with Gasteiger partial charge in [-0.25, -0.2) is 0 Å². The lowest BCUT2D eigenvalue weighted by Gasteiger charge is -2.21. The highest BCUT2D eigenvalue weighted by atomic mass is 16.5. The largest absolute Gasteiger partial charge is 0.494 e. The fourth-order valence-electron chi connectivity index (χ4n) is 5.26. The fourth-order valence-corrected chi connectivity index (χ4v) is 5.26. The second-order valence-electron chi connectivity index (χ2n) is 11.2. The minimum absolute atomic E-state index is 0.691. The number of ether oxygens (including phenoxy) is 1. The summed E-state index contributed by atoms with van der Waals surface area (Å²) in [7, 11) is 0. The molecular weight excluding hydrogens is 482 g/mol. The molecule has 0 fully saturated rings. The van der Waals surface area contributed by atoms with Crippen LogP contribution in [0.25, 0.3) is 0 Å². The number of amidine groups is 1. The Bertz CT molecular complexity index is 709. The molecule has 0 unspecified atom stereocenters. The molecule has 224 valence electrons. The molecule has 1 aliphatic rings. The quantitative estimate of drug-likeness (QED) is 0.110. The van der Waals surface area contributed by atoms with Gasteiger partial charge in [0, 0.05) is 51.4 Å². The smallest absolute Gasteiger partial charge is 0.131 e. The summed E-state index contributed by atoms with van der Waals surface area (Å²) in [5, 5.41) is 6.81. The highest BCUT2D eigenvalue weighted by molar-refractivity contribution is 5.99. The molecule has 1 heterocycles. The molecule has 0 aromatic heterocycles. The average molecular weight is 544 g/mol. The van der Waals surface area contributed by atoms with Crippen molar-refractivity contribution in [2.24, 2.45) is 10.7 Å². The van der Waals surface area contributed by atoms with E-state index in [2.05, 4.69) is 46.7 Å². The molecule has 0 saturated heterocycles. The van der Waals surface area contributed by atoms with E-state index < -0.39 is 0 Å². The maximum Gasteiger partial charge on any atom is 0.131 e. The average Bonchev–Trinajstić information content (AvgIpc) is 3.43. The van der Waals surface area contributed by atoms with E-state index in [9.17, 15) is 0 Å². The molecule has 0 saturated carbocycles. The monoisotopic (exact) mass is 543 g/mol. The summed E-state index contributed by atoms with van der Waals surface area (Å²) in [4.78, 5) is 7.14. The van der Waals surface area contributed by atoms with Crippen LogP contribution in [0.2, 0.25) is 0 Å². The van der Waals surface area contributed by atoms with Gasteiger partial charge in [0.1, 0.15) is 11.6 Å². The molecular formula is C33H61N5O. The van der Waals surface area contributed by atoms with E-state index in [1.807, 2.05) is 0 Å². The molecule has 39 heavy (non-hydrogen) atoms. The van der Waals surface area contributed by atoms with E-state index in [1.165, 1.54) is 102 Å². The number of rotatable bonds is 27. The normalized spacial score (nSPS) is 13.3. The summed E-state index contributed by atoms with van der Waals surface area (Å²) in [5.41, 5.74) is 6.69. The Balaban J connectivity index is 1.42. The Morgan fingerprint density at radius 3 is 1.82 bits per heavy atom. The van der Waals surface area contributed by atoms with Crippen molar-refractivity contribution in [1.82, 2.24) is 15.5 Å².